The lowest BCUT2D eigenvalue weighted by molar-refractivity contribution is -0.144. The largest absolute Gasteiger partial charge is 0.508 e. The number of unbranched alkanes of at least 4 members (excludes halogenated alkanes) is 1. The van der Waals surface area contributed by atoms with E-state index in [4.69, 9.17) is 15.9 Å². The standard InChI is InChI=1S/C65H80N10O16S2/c66-30-10-9-17-48(60(85)68-32-34-93-92-33-31-67-54(77)26-27-55(78)70-49(24-28-58(81)82)61(86)73-50(65(90)91)25-29-59(83)84)72-63(88)53(38-43-19-22-47(76)23-20-43)75-64(89)52(37-42-13-5-2-6-14-42)74-62(87)51(36-41-11-3-1-4-12-41)71-57(80)40-69-56(79)39-44-18-21-45-15-7-8-16-46(45)35-44/h1-8,11-16,18-23,35,48-53,76H,9-10,17,24-34,36-40,66H2,(H,67,77)(H,68,85)(H,69,79)(H,70,78)(H,71,80)(H,72,88)(H,73,86)(H,74,87)(H,75,89)(H,81,82)(H,83,84)(H,90,91)/t48-,49-,50-,51-,52-,53-/m0/s1. The summed E-state index contributed by atoms with van der Waals surface area (Å²) in [5.41, 5.74) is 8.41. The summed E-state index contributed by atoms with van der Waals surface area (Å²) in [7, 11) is 2.74. The maximum absolute atomic E-state index is 14.7. The van der Waals surface area contributed by atoms with Crippen molar-refractivity contribution >= 4 is 103 Å². The third-order valence-corrected chi connectivity index (χ3v) is 16.7. The smallest absolute Gasteiger partial charge is 0.326 e. The molecule has 0 aromatic heterocycles. The fourth-order valence-corrected chi connectivity index (χ4v) is 11.2. The molecule has 0 heterocycles. The monoisotopic (exact) mass is 1320 g/mol. The Morgan fingerprint density at radius 2 is 0.849 bits per heavy atom. The first-order chi connectivity index (χ1) is 44.6. The Morgan fingerprint density at radius 3 is 1.41 bits per heavy atom. The van der Waals surface area contributed by atoms with Crippen LogP contribution < -0.4 is 53.6 Å². The Balaban J connectivity index is 1.17. The average molecular weight is 1320 g/mol. The van der Waals surface area contributed by atoms with Gasteiger partial charge in [0.05, 0.1) is 13.0 Å². The lowest BCUT2D eigenvalue weighted by Crippen LogP contribution is -2.59. The second kappa shape index (κ2) is 40.3. The molecule has 28 heteroatoms. The van der Waals surface area contributed by atoms with Gasteiger partial charge in [-0.3, -0.25) is 52.7 Å². The zero-order valence-corrected chi connectivity index (χ0v) is 52.7. The topological polar surface area (TPSA) is 420 Å². The fourth-order valence-electron chi connectivity index (χ4n) is 9.40. The van der Waals surface area contributed by atoms with E-state index in [-0.39, 0.29) is 57.4 Å². The highest BCUT2D eigenvalue weighted by Gasteiger charge is 2.33. The summed E-state index contributed by atoms with van der Waals surface area (Å²) < 4.78 is 0. The van der Waals surface area contributed by atoms with Crippen LogP contribution in [0.3, 0.4) is 0 Å². The van der Waals surface area contributed by atoms with Gasteiger partial charge in [-0.15, -0.1) is 0 Å². The zero-order valence-electron chi connectivity index (χ0n) is 51.1. The highest BCUT2D eigenvalue weighted by molar-refractivity contribution is 8.76. The molecule has 0 fully saturated rings. The summed E-state index contributed by atoms with van der Waals surface area (Å²) in [6, 6.07) is 28.9. The minimum absolute atomic E-state index is 0.00453. The molecule has 0 aliphatic heterocycles. The van der Waals surface area contributed by atoms with Crippen LogP contribution in [0.2, 0.25) is 0 Å². The summed E-state index contributed by atoms with van der Waals surface area (Å²) in [6.07, 6.45) is -1.72. The van der Waals surface area contributed by atoms with Crippen molar-refractivity contribution in [1.82, 2.24) is 47.9 Å². The van der Waals surface area contributed by atoms with Crippen molar-refractivity contribution in [3.8, 4) is 5.75 Å². The molecule has 0 unspecified atom stereocenters. The molecule has 0 aliphatic rings. The minimum Gasteiger partial charge on any atom is -0.508 e. The number of rotatable bonds is 42. The number of aliphatic carboxylic acids is 3. The van der Waals surface area contributed by atoms with Crippen LogP contribution in [-0.2, 0) is 83.2 Å². The van der Waals surface area contributed by atoms with Crippen molar-refractivity contribution in [2.45, 2.75) is 120 Å². The number of hydrogen-bond donors (Lipinski definition) is 14. The number of hydrogen-bond acceptors (Lipinski definition) is 16. The van der Waals surface area contributed by atoms with Gasteiger partial charge in [-0.05, 0) is 83.8 Å². The molecule has 0 radical (unpaired) electrons. The third-order valence-electron chi connectivity index (χ3n) is 14.3. The van der Waals surface area contributed by atoms with Crippen LogP contribution in [-0.4, -0.2) is 165 Å². The zero-order chi connectivity index (χ0) is 67.5. The van der Waals surface area contributed by atoms with Gasteiger partial charge < -0.3 is 74.0 Å². The number of aromatic hydroxyl groups is 1. The number of phenols is 1. The molecule has 5 rings (SSSR count). The molecule has 498 valence electrons. The van der Waals surface area contributed by atoms with Crippen molar-refractivity contribution in [2.24, 2.45) is 5.73 Å². The lowest BCUT2D eigenvalue weighted by atomic mass is 10.0. The van der Waals surface area contributed by atoms with Crippen LogP contribution in [0.4, 0.5) is 0 Å². The van der Waals surface area contributed by atoms with Gasteiger partial charge in [0.25, 0.3) is 0 Å². The SMILES string of the molecule is NCCCC[C@H](NC(=O)[C@H](Cc1ccc(O)cc1)NC(=O)[C@H](Cc1ccccc1)NC(=O)[C@H](Cc1ccccc1)NC(=O)CNC(=O)Cc1ccc2ccccc2c1)C(=O)NCCSSCCNC(=O)CCC(=O)N[C@@H](CCC(=O)O)C(=O)N[C@@H](CCC(=O)O)C(=O)O. The Hall–Kier alpha value is -9.54. The van der Waals surface area contributed by atoms with E-state index < -0.39 is 146 Å². The lowest BCUT2D eigenvalue weighted by Gasteiger charge is -2.27. The third kappa shape index (κ3) is 28.7. The van der Waals surface area contributed by atoms with Crippen molar-refractivity contribution in [3.63, 3.8) is 0 Å². The van der Waals surface area contributed by atoms with Crippen molar-refractivity contribution in [2.75, 3.05) is 37.7 Å². The number of carboxylic acid groups (broad SMARTS) is 3. The first-order valence-electron chi connectivity index (χ1n) is 30.2. The number of nitrogens with two attached hydrogens (primary N) is 1. The van der Waals surface area contributed by atoms with E-state index in [0.717, 1.165) is 16.3 Å². The first-order valence-corrected chi connectivity index (χ1v) is 32.7. The van der Waals surface area contributed by atoms with Crippen LogP contribution in [0, 0.1) is 0 Å². The van der Waals surface area contributed by atoms with E-state index in [1.807, 2.05) is 42.5 Å². The van der Waals surface area contributed by atoms with Crippen LogP contribution in [0.1, 0.15) is 80.0 Å². The molecule has 0 saturated heterocycles. The molecule has 5 aromatic rings. The highest BCUT2D eigenvalue weighted by Crippen LogP contribution is 2.20. The number of fused-ring (bicyclic) bond motifs is 1. The normalized spacial score (nSPS) is 12.8. The quantitative estimate of drug-likeness (QED) is 0.0197. The maximum atomic E-state index is 14.7. The van der Waals surface area contributed by atoms with Gasteiger partial charge in [0.15, 0.2) is 0 Å². The molecule has 93 heavy (non-hydrogen) atoms. The van der Waals surface area contributed by atoms with E-state index in [1.165, 1.54) is 33.7 Å². The first kappa shape index (κ1) is 74.2. The molecule has 0 saturated carbocycles. The summed E-state index contributed by atoms with van der Waals surface area (Å²) in [5, 5.41) is 63.3. The van der Waals surface area contributed by atoms with Crippen LogP contribution in [0.15, 0.2) is 127 Å². The van der Waals surface area contributed by atoms with Gasteiger partial charge in [-0.1, -0.05) is 137 Å². The van der Waals surface area contributed by atoms with Crippen LogP contribution in [0.25, 0.3) is 10.8 Å². The molecular formula is C65H80N10O16S2. The predicted octanol–water partition coefficient (Wildman–Crippen LogP) is 2.18. The Kier molecular flexibility index (Phi) is 32.2. The van der Waals surface area contributed by atoms with Gasteiger partial charge in [0.2, 0.25) is 53.2 Å². The number of carboxylic acids is 3. The number of benzene rings is 5. The van der Waals surface area contributed by atoms with E-state index in [0.29, 0.717) is 47.6 Å². The molecule has 0 bridgehead atoms. The minimum atomic E-state index is -1.62. The van der Waals surface area contributed by atoms with Crippen molar-refractivity contribution in [1.29, 1.82) is 0 Å². The van der Waals surface area contributed by atoms with Gasteiger partial charge in [0.1, 0.15) is 42.0 Å². The Morgan fingerprint density at radius 1 is 0.398 bits per heavy atom. The number of amides is 9. The van der Waals surface area contributed by atoms with Gasteiger partial charge in [-0.25, -0.2) is 4.79 Å². The molecule has 0 aliphatic carbocycles. The maximum Gasteiger partial charge on any atom is 0.326 e. The molecule has 15 N–H and O–H groups in total. The van der Waals surface area contributed by atoms with Crippen LogP contribution in [0.5, 0.6) is 5.75 Å². The molecule has 5 aromatic carbocycles. The summed E-state index contributed by atoms with van der Waals surface area (Å²) in [4.78, 5) is 156. The number of phenolic OH excluding ortho intramolecular Hbond substituents is 1. The van der Waals surface area contributed by atoms with Gasteiger partial charge in [0, 0.05) is 69.5 Å². The molecule has 0 spiro atoms. The predicted molar refractivity (Wildman–Crippen MR) is 349 cm³/mol. The van der Waals surface area contributed by atoms with E-state index in [2.05, 4.69) is 47.9 Å². The molecule has 9 amide bonds. The molecule has 26 nitrogen and oxygen atoms in total. The molecular weight excluding hydrogens is 1240 g/mol. The van der Waals surface area contributed by atoms with E-state index in [1.54, 1.807) is 72.8 Å². The summed E-state index contributed by atoms with van der Waals surface area (Å²) in [5.74, 6) is -9.55. The second-order valence-electron chi connectivity index (χ2n) is 21.6. The second-order valence-corrected chi connectivity index (χ2v) is 24.3. The van der Waals surface area contributed by atoms with Crippen molar-refractivity contribution < 1.29 is 78.0 Å². The average Bonchev–Trinajstić information content (AvgIpc) is 1.49. The fraction of sp³-hybridized carbons (Fsp3) is 0.385. The molecule has 6 atom stereocenters. The van der Waals surface area contributed by atoms with E-state index in [9.17, 15) is 67.7 Å². The highest BCUT2D eigenvalue weighted by atomic mass is 33.1. The van der Waals surface area contributed by atoms with Gasteiger partial charge in [-0.2, -0.15) is 0 Å². The number of carbonyl (C=O) groups is 12. The van der Waals surface area contributed by atoms with Crippen LogP contribution >= 0.6 is 21.6 Å². The van der Waals surface area contributed by atoms with E-state index >= 15 is 0 Å². The number of nitrogens with one attached hydrogen (secondary N) is 9. The Labute approximate surface area is 545 Å². The Bertz CT molecular complexity index is 3330. The van der Waals surface area contributed by atoms with Gasteiger partial charge >= 0.3 is 17.9 Å². The summed E-state index contributed by atoms with van der Waals surface area (Å²) in [6.45, 7) is 0.206. The number of carbonyl (C=O) groups excluding carboxylic acids is 9. The van der Waals surface area contributed by atoms with Crippen molar-refractivity contribution in [3.05, 3.63) is 150 Å². The summed E-state index contributed by atoms with van der Waals surface area (Å²) >= 11 is 0.